The van der Waals surface area contributed by atoms with Gasteiger partial charge in [0.05, 0.1) is 24.6 Å². The maximum atomic E-state index is 14.7. The van der Waals surface area contributed by atoms with Crippen LogP contribution in [0.4, 0.5) is 30.2 Å². The molecule has 0 saturated carbocycles. The lowest BCUT2D eigenvalue weighted by Gasteiger charge is -2.33. The Balaban J connectivity index is 1.37. The molecule has 4 rings (SSSR count). The van der Waals surface area contributed by atoms with Crippen molar-refractivity contribution in [3.8, 4) is 0 Å². The Hall–Kier alpha value is -1.65. The van der Waals surface area contributed by atoms with Gasteiger partial charge in [0.25, 0.3) is 0 Å². The van der Waals surface area contributed by atoms with Crippen LogP contribution < -0.4 is 15.4 Å². The van der Waals surface area contributed by atoms with Crippen LogP contribution in [0, 0.1) is 21.0 Å². The Morgan fingerprint density at radius 3 is 2.36 bits per heavy atom. The van der Waals surface area contributed by atoms with Gasteiger partial charge in [-0.2, -0.15) is 12.7 Å². The fourth-order valence-electron chi connectivity index (χ4n) is 4.24. The number of anilines is 3. The maximum absolute atomic E-state index is 14.7. The first-order chi connectivity index (χ1) is 17.2. The molecule has 0 bridgehead atoms. The summed E-state index contributed by atoms with van der Waals surface area (Å²) in [7, 11) is -4.05. The number of ether oxygens (including phenoxy) is 1. The first kappa shape index (κ1) is 27.4. The van der Waals surface area contributed by atoms with Gasteiger partial charge in [-0.1, -0.05) is 0 Å². The Kier molecular flexibility index (Phi) is 9.33. The average molecular weight is 639 g/mol. The van der Waals surface area contributed by atoms with Crippen LogP contribution >= 0.6 is 22.6 Å². The van der Waals surface area contributed by atoms with E-state index < -0.39 is 33.3 Å². The van der Waals surface area contributed by atoms with Crippen LogP contribution in [0.2, 0.25) is 0 Å². The minimum Gasteiger partial charge on any atom is -0.379 e. The molecule has 0 unspecified atom stereocenters. The third-order valence-electron chi connectivity index (χ3n) is 6.28. The fraction of sp³-hybridized carbons (Fsp3) is 0.478. The van der Waals surface area contributed by atoms with Gasteiger partial charge >= 0.3 is 10.2 Å². The number of rotatable bonds is 9. The molecule has 0 atom stereocenters. The SMILES string of the molecule is O=S(=O)(Nc1ccc(F)c(F)c1Nc1ccc(I)cc1F)N1CCC(NCCN2CCOCC2)CC1. The topological polar surface area (TPSA) is 85.9 Å². The molecule has 0 spiro atoms. The average Bonchev–Trinajstić information content (AvgIpc) is 2.86. The van der Waals surface area contributed by atoms with E-state index in [9.17, 15) is 21.6 Å². The zero-order valence-corrected chi connectivity index (χ0v) is 22.5. The molecule has 2 aliphatic rings. The van der Waals surface area contributed by atoms with Crippen LogP contribution in [0.5, 0.6) is 0 Å². The number of hydrogen-bond acceptors (Lipinski definition) is 6. The van der Waals surface area contributed by atoms with Crippen molar-refractivity contribution < 1.29 is 26.3 Å². The molecule has 0 aromatic heterocycles. The highest BCUT2D eigenvalue weighted by Crippen LogP contribution is 2.33. The molecule has 13 heteroatoms. The van der Waals surface area contributed by atoms with E-state index in [-0.39, 0.29) is 30.5 Å². The monoisotopic (exact) mass is 639 g/mol. The lowest BCUT2D eigenvalue weighted by Crippen LogP contribution is -2.48. The smallest absolute Gasteiger partial charge is 0.301 e. The normalized spacial score (nSPS) is 18.3. The Morgan fingerprint density at radius 2 is 1.67 bits per heavy atom. The molecule has 36 heavy (non-hydrogen) atoms. The minimum absolute atomic E-state index is 0.107. The van der Waals surface area contributed by atoms with Crippen LogP contribution in [0.1, 0.15) is 12.8 Å². The van der Waals surface area contributed by atoms with Crippen molar-refractivity contribution in [2.45, 2.75) is 18.9 Å². The summed E-state index contributed by atoms with van der Waals surface area (Å²) < 4.78 is 78.6. The standard InChI is InChI=1S/C23H29F3IN5O3S/c24-18-2-4-21(23(22(18)26)29-20-3-1-16(27)15-19(20)25)30-36(33,34)32-8-5-17(6-9-32)28-7-10-31-11-13-35-14-12-31/h1-4,15,17,28-30H,5-14H2. The summed E-state index contributed by atoms with van der Waals surface area (Å²) in [5.41, 5.74) is -0.805. The van der Waals surface area contributed by atoms with Crippen molar-refractivity contribution in [2.24, 2.45) is 0 Å². The highest BCUT2D eigenvalue weighted by atomic mass is 127. The predicted molar refractivity (Wildman–Crippen MR) is 141 cm³/mol. The van der Waals surface area contributed by atoms with Gasteiger partial charge in [0, 0.05) is 48.9 Å². The number of nitrogens with zero attached hydrogens (tertiary/aromatic N) is 2. The predicted octanol–water partition coefficient (Wildman–Crippen LogP) is 3.50. The third-order valence-corrected chi connectivity index (χ3v) is 8.48. The van der Waals surface area contributed by atoms with Gasteiger partial charge in [-0.25, -0.2) is 13.2 Å². The van der Waals surface area contributed by atoms with Gasteiger partial charge in [-0.05, 0) is 65.8 Å². The summed E-state index contributed by atoms with van der Waals surface area (Å²) in [5.74, 6) is -3.17. The summed E-state index contributed by atoms with van der Waals surface area (Å²) in [6, 6.07) is 6.32. The highest BCUT2D eigenvalue weighted by Gasteiger charge is 2.29. The molecule has 2 aliphatic heterocycles. The van der Waals surface area contributed by atoms with E-state index in [1.807, 2.05) is 22.6 Å². The van der Waals surface area contributed by atoms with E-state index in [2.05, 4.69) is 20.3 Å². The molecule has 2 fully saturated rings. The molecular weight excluding hydrogens is 610 g/mol. The molecule has 8 nitrogen and oxygen atoms in total. The second kappa shape index (κ2) is 12.3. The molecule has 2 aromatic rings. The molecule has 0 radical (unpaired) electrons. The van der Waals surface area contributed by atoms with E-state index in [1.54, 1.807) is 6.07 Å². The summed E-state index contributed by atoms with van der Waals surface area (Å²) in [4.78, 5) is 2.33. The Labute approximate surface area is 222 Å². The third kappa shape index (κ3) is 7.01. The van der Waals surface area contributed by atoms with E-state index in [0.717, 1.165) is 51.5 Å². The molecule has 3 N–H and O–H groups in total. The summed E-state index contributed by atoms with van der Waals surface area (Å²) in [6.45, 7) is 5.62. The molecule has 0 aliphatic carbocycles. The number of benzene rings is 2. The van der Waals surface area contributed by atoms with E-state index in [1.165, 1.54) is 16.4 Å². The van der Waals surface area contributed by atoms with Crippen LogP contribution in [0.3, 0.4) is 0 Å². The van der Waals surface area contributed by atoms with Gasteiger partial charge in [-0.3, -0.25) is 9.62 Å². The summed E-state index contributed by atoms with van der Waals surface area (Å²) >= 11 is 1.92. The van der Waals surface area contributed by atoms with Gasteiger partial charge in [0.15, 0.2) is 11.6 Å². The van der Waals surface area contributed by atoms with Crippen molar-refractivity contribution in [3.05, 3.63) is 51.4 Å². The molecule has 2 heterocycles. The van der Waals surface area contributed by atoms with Gasteiger partial charge in [0.1, 0.15) is 11.5 Å². The van der Waals surface area contributed by atoms with E-state index >= 15 is 0 Å². The fourth-order valence-corrected chi connectivity index (χ4v) is 5.96. The second-order valence-corrected chi connectivity index (χ2v) is 11.6. The summed E-state index contributed by atoms with van der Waals surface area (Å²) in [6.07, 6.45) is 1.25. The molecular formula is C23H29F3IN5O3S. The van der Waals surface area contributed by atoms with Crippen LogP contribution in [0.15, 0.2) is 30.3 Å². The van der Waals surface area contributed by atoms with Gasteiger partial charge < -0.3 is 15.4 Å². The Morgan fingerprint density at radius 1 is 0.972 bits per heavy atom. The first-order valence-electron chi connectivity index (χ1n) is 11.7. The number of hydrogen-bond donors (Lipinski definition) is 3. The first-order valence-corrected chi connectivity index (χ1v) is 14.3. The van der Waals surface area contributed by atoms with E-state index in [0.29, 0.717) is 16.4 Å². The van der Waals surface area contributed by atoms with E-state index in [4.69, 9.17) is 4.74 Å². The second-order valence-electron chi connectivity index (χ2n) is 8.72. The Bertz CT molecular complexity index is 1160. The van der Waals surface area contributed by atoms with Gasteiger partial charge in [-0.15, -0.1) is 0 Å². The van der Waals surface area contributed by atoms with Crippen molar-refractivity contribution in [1.29, 1.82) is 0 Å². The molecule has 0 amide bonds. The lowest BCUT2D eigenvalue weighted by molar-refractivity contribution is 0.0379. The van der Waals surface area contributed by atoms with Crippen molar-refractivity contribution in [3.63, 3.8) is 0 Å². The maximum Gasteiger partial charge on any atom is 0.301 e. The van der Waals surface area contributed by atoms with Crippen LogP contribution in [0.25, 0.3) is 0 Å². The van der Waals surface area contributed by atoms with Crippen molar-refractivity contribution in [2.75, 3.05) is 62.5 Å². The van der Waals surface area contributed by atoms with Crippen LogP contribution in [-0.4, -0.2) is 76.1 Å². The zero-order chi connectivity index (χ0) is 25.7. The zero-order valence-electron chi connectivity index (χ0n) is 19.6. The number of halogens is 4. The van der Waals surface area contributed by atoms with Crippen molar-refractivity contribution >= 4 is 49.9 Å². The molecule has 198 valence electrons. The summed E-state index contributed by atoms with van der Waals surface area (Å²) in [5, 5.41) is 5.99. The number of piperidine rings is 1. The lowest BCUT2D eigenvalue weighted by atomic mass is 10.1. The molecule has 2 aromatic carbocycles. The van der Waals surface area contributed by atoms with Crippen molar-refractivity contribution in [1.82, 2.24) is 14.5 Å². The largest absolute Gasteiger partial charge is 0.379 e. The number of nitrogens with one attached hydrogen (secondary N) is 3. The quantitative estimate of drug-likeness (QED) is 0.365. The number of morpholine rings is 1. The molecule has 2 saturated heterocycles. The van der Waals surface area contributed by atoms with Gasteiger partial charge in [0.2, 0.25) is 0 Å². The highest BCUT2D eigenvalue weighted by molar-refractivity contribution is 14.1. The van der Waals surface area contributed by atoms with Crippen LogP contribution in [-0.2, 0) is 14.9 Å². The minimum atomic E-state index is -4.05.